The molecule has 1 rings (SSSR count). The quantitative estimate of drug-likeness (QED) is 0.814. The summed E-state index contributed by atoms with van der Waals surface area (Å²) in [5, 5.41) is 10.0. The average Bonchev–Trinajstić information content (AvgIpc) is 2.26. The second kappa shape index (κ2) is 3.71. The first-order valence-electron chi connectivity index (χ1n) is 4.26. The molecule has 0 aliphatic heterocycles. The Kier molecular flexibility index (Phi) is 3.20. The lowest BCUT2D eigenvalue weighted by atomic mass is 9.85. The molecule has 0 aliphatic rings. The lowest BCUT2D eigenvalue weighted by Gasteiger charge is -2.25. The molecule has 1 aromatic rings. The number of hydrogen-bond acceptors (Lipinski definition) is 2. The molecule has 0 spiro atoms. The molecule has 1 unspecified atom stereocenters. The lowest BCUT2D eigenvalue weighted by Crippen LogP contribution is -2.17. The first-order chi connectivity index (χ1) is 5.82. The summed E-state index contributed by atoms with van der Waals surface area (Å²) >= 11 is 5.10. The van der Waals surface area contributed by atoms with Crippen LogP contribution in [0.2, 0.25) is 0 Å². The third-order valence-electron chi connectivity index (χ3n) is 2.04. The number of hydrogen-bond donors (Lipinski definition) is 1. The Labute approximate surface area is 91.9 Å². The zero-order valence-corrected chi connectivity index (χ0v) is 10.8. The van der Waals surface area contributed by atoms with Crippen LogP contribution in [0, 0.1) is 12.3 Å². The highest BCUT2D eigenvalue weighted by Crippen LogP contribution is 2.38. The molecule has 1 heterocycles. The monoisotopic (exact) mass is 262 g/mol. The van der Waals surface area contributed by atoms with E-state index < -0.39 is 0 Å². The van der Waals surface area contributed by atoms with E-state index in [0.29, 0.717) is 0 Å². The van der Waals surface area contributed by atoms with E-state index in [1.807, 2.05) is 33.8 Å². The van der Waals surface area contributed by atoms with Gasteiger partial charge in [0.2, 0.25) is 0 Å². The topological polar surface area (TPSA) is 20.2 Å². The van der Waals surface area contributed by atoms with Gasteiger partial charge in [0.25, 0.3) is 0 Å². The number of aliphatic hydroxyl groups is 1. The van der Waals surface area contributed by atoms with Gasteiger partial charge in [-0.1, -0.05) is 20.8 Å². The highest BCUT2D eigenvalue weighted by Gasteiger charge is 2.26. The summed E-state index contributed by atoms with van der Waals surface area (Å²) in [6.07, 6.45) is -0.380. The second-order valence-corrected chi connectivity index (χ2v) is 6.97. The number of thiophene rings is 1. The van der Waals surface area contributed by atoms with E-state index in [0.717, 1.165) is 9.35 Å². The molecule has 1 nitrogen and oxygen atoms in total. The summed E-state index contributed by atoms with van der Waals surface area (Å²) in [5.74, 6) is 0. The smallest absolute Gasteiger partial charge is 0.0849 e. The van der Waals surface area contributed by atoms with Crippen molar-refractivity contribution in [2.75, 3.05) is 0 Å². The van der Waals surface area contributed by atoms with Crippen LogP contribution in [0.4, 0.5) is 0 Å². The summed E-state index contributed by atoms with van der Waals surface area (Å²) in [4.78, 5) is 1.19. The van der Waals surface area contributed by atoms with Crippen LogP contribution in [0.3, 0.4) is 0 Å². The Morgan fingerprint density at radius 2 is 2.00 bits per heavy atom. The van der Waals surface area contributed by atoms with Gasteiger partial charge in [0.1, 0.15) is 0 Å². The van der Waals surface area contributed by atoms with E-state index in [1.54, 1.807) is 11.3 Å². The first-order valence-corrected chi connectivity index (χ1v) is 5.87. The van der Waals surface area contributed by atoms with Crippen molar-refractivity contribution in [3.63, 3.8) is 0 Å². The summed E-state index contributed by atoms with van der Waals surface area (Å²) in [7, 11) is 0. The molecule has 1 aromatic heterocycles. The molecule has 0 amide bonds. The standard InChI is InChI=1S/C10H15BrOS/c1-6-7(5-8(11)13-6)9(12)10(2,3)4/h5,9,12H,1-4H3. The van der Waals surface area contributed by atoms with Crippen LogP contribution in [0.1, 0.15) is 37.3 Å². The van der Waals surface area contributed by atoms with Crippen LogP contribution >= 0.6 is 27.3 Å². The molecule has 0 radical (unpaired) electrons. The van der Waals surface area contributed by atoms with Gasteiger partial charge in [-0.15, -0.1) is 11.3 Å². The molecule has 0 bridgehead atoms. The van der Waals surface area contributed by atoms with E-state index in [1.165, 1.54) is 4.88 Å². The van der Waals surface area contributed by atoms with Crippen molar-refractivity contribution in [3.8, 4) is 0 Å². The molecule has 0 saturated carbocycles. The Morgan fingerprint density at radius 1 is 1.46 bits per heavy atom. The van der Waals surface area contributed by atoms with Crippen molar-refractivity contribution in [1.29, 1.82) is 0 Å². The van der Waals surface area contributed by atoms with E-state index in [-0.39, 0.29) is 11.5 Å². The molecule has 74 valence electrons. The van der Waals surface area contributed by atoms with Crippen LogP contribution in [0.5, 0.6) is 0 Å². The fraction of sp³-hybridized carbons (Fsp3) is 0.600. The minimum Gasteiger partial charge on any atom is -0.388 e. The summed E-state index contributed by atoms with van der Waals surface area (Å²) < 4.78 is 1.09. The van der Waals surface area contributed by atoms with Gasteiger partial charge in [0.15, 0.2) is 0 Å². The third-order valence-corrected chi connectivity index (χ3v) is 3.61. The van der Waals surface area contributed by atoms with Crippen LogP contribution in [-0.2, 0) is 0 Å². The van der Waals surface area contributed by atoms with Gasteiger partial charge in [-0.25, -0.2) is 0 Å². The van der Waals surface area contributed by atoms with Gasteiger partial charge in [-0.2, -0.15) is 0 Å². The minimum atomic E-state index is -0.380. The molecular formula is C10H15BrOS. The lowest BCUT2D eigenvalue weighted by molar-refractivity contribution is 0.0625. The van der Waals surface area contributed by atoms with Crippen LogP contribution in [0.25, 0.3) is 0 Å². The van der Waals surface area contributed by atoms with Crippen molar-refractivity contribution >= 4 is 27.3 Å². The van der Waals surface area contributed by atoms with Gasteiger partial charge in [0, 0.05) is 4.88 Å². The highest BCUT2D eigenvalue weighted by atomic mass is 79.9. The number of aliphatic hydroxyl groups excluding tert-OH is 1. The molecule has 1 N–H and O–H groups in total. The van der Waals surface area contributed by atoms with Gasteiger partial charge < -0.3 is 5.11 Å². The summed E-state index contributed by atoms with van der Waals surface area (Å²) in [6.45, 7) is 8.17. The van der Waals surface area contributed by atoms with Crippen LogP contribution in [-0.4, -0.2) is 5.11 Å². The normalized spacial score (nSPS) is 14.6. The van der Waals surface area contributed by atoms with Gasteiger partial charge >= 0.3 is 0 Å². The van der Waals surface area contributed by atoms with E-state index in [4.69, 9.17) is 0 Å². The number of aryl methyl sites for hydroxylation is 1. The zero-order valence-electron chi connectivity index (χ0n) is 8.39. The Balaban J connectivity index is 3.01. The average molecular weight is 263 g/mol. The minimum absolute atomic E-state index is 0.0920. The van der Waals surface area contributed by atoms with E-state index >= 15 is 0 Å². The van der Waals surface area contributed by atoms with Gasteiger partial charge in [-0.3, -0.25) is 0 Å². The number of halogens is 1. The fourth-order valence-corrected chi connectivity index (χ4v) is 2.94. The van der Waals surface area contributed by atoms with Crippen molar-refractivity contribution in [2.24, 2.45) is 5.41 Å². The Hall–Kier alpha value is 0.140. The molecule has 1 atom stereocenters. The molecule has 0 aromatic carbocycles. The largest absolute Gasteiger partial charge is 0.388 e. The van der Waals surface area contributed by atoms with Crippen LogP contribution in [0.15, 0.2) is 9.85 Å². The van der Waals surface area contributed by atoms with Crippen molar-refractivity contribution < 1.29 is 5.11 Å². The van der Waals surface area contributed by atoms with E-state index in [9.17, 15) is 5.11 Å². The van der Waals surface area contributed by atoms with Crippen molar-refractivity contribution in [2.45, 2.75) is 33.8 Å². The summed E-state index contributed by atoms with van der Waals surface area (Å²) in [5.41, 5.74) is 0.954. The Bertz CT molecular complexity index is 298. The maximum Gasteiger partial charge on any atom is 0.0849 e. The molecule has 0 aliphatic carbocycles. The van der Waals surface area contributed by atoms with Gasteiger partial charge in [-0.05, 0) is 39.9 Å². The third kappa shape index (κ3) is 2.55. The maximum atomic E-state index is 10.0. The zero-order chi connectivity index (χ0) is 10.2. The molecule has 3 heteroatoms. The van der Waals surface area contributed by atoms with Gasteiger partial charge in [0.05, 0.1) is 9.89 Å². The molecule has 13 heavy (non-hydrogen) atoms. The van der Waals surface area contributed by atoms with E-state index in [2.05, 4.69) is 15.9 Å². The second-order valence-electron chi connectivity index (χ2n) is 4.33. The molecule has 0 fully saturated rings. The van der Waals surface area contributed by atoms with Crippen LogP contribution < -0.4 is 0 Å². The summed E-state index contributed by atoms with van der Waals surface area (Å²) in [6, 6.07) is 2.01. The van der Waals surface area contributed by atoms with Crippen molar-refractivity contribution in [3.05, 3.63) is 20.3 Å². The Morgan fingerprint density at radius 3 is 2.31 bits per heavy atom. The fourth-order valence-electron chi connectivity index (χ4n) is 1.20. The highest BCUT2D eigenvalue weighted by molar-refractivity contribution is 9.11. The predicted molar refractivity (Wildman–Crippen MR) is 61.2 cm³/mol. The maximum absolute atomic E-state index is 10.0. The molecule has 0 saturated heterocycles. The number of rotatable bonds is 1. The molecular weight excluding hydrogens is 248 g/mol. The SMILES string of the molecule is Cc1sc(Br)cc1C(O)C(C)(C)C. The predicted octanol–water partition coefficient (Wildman–Crippen LogP) is 3.90. The first kappa shape index (κ1) is 11.2. The van der Waals surface area contributed by atoms with Crippen molar-refractivity contribution in [1.82, 2.24) is 0 Å².